The molecule has 0 spiro atoms. The molecule has 17 heavy (non-hydrogen) atoms. The Hall–Kier alpha value is -1.32. The Bertz CT molecular complexity index is 590. The van der Waals surface area contributed by atoms with Crippen LogP contribution < -0.4 is 0 Å². The number of aryl methyl sites for hydroxylation is 2. The van der Waals surface area contributed by atoms with Gasteiger partial charge in [-0.2, -0.15) is 5.10 Å². The minimum absolute atomic E-state index is 0.308. The second-order valence-corrected chi connectivity index (χ2v) is 4.54. The molecule has 0 aliphatic rings. The van der Waals surface area contributed by atoms with Crippen molar-refractivity contribution in [2.24, 2.45) is 0 Å². The number of nitrogens with zero attached hydrogens (tertiary/aromatic N) is 2. The molecule has 0 aliphatic heterocycles. The lowest BCUT2D eigenvalue weighted by molar-refractivity contribution is 0.112. The molecule has 0 atom stereocenters. The van der Waals surface area contributed by atoms with Crippen LogP contribution >= 0.6 is 23.2 Å². The largest absolute Gasteiger partial charge is 0.298 e. The highest BCUT2D eigenvalue weighted by molar-refractivity contribution is 6.32. The van der Waals surface area contributed by atoms with Gasteiger partial charge in [0.25, 0.3) is 0 Å². The van der Waals surface area contributed by atoms with E-state index in [4.69, 9.17) is 23.2 Å². The monoisotopic (exact) mass is 268 g/mol. The van der Waals surface area contributed by atoms with Gasteiger partial charge < -0.3 is 0 Å². The lowest BCUT2D eigenvalue weighted by Crippen LogP contribution is -1.99. The maximum Gasteiger partial charge on any atom is 0.155 e. The Morgan fingerprint density at radius 3 is 2.59 bits per heavy atom. The lowest BCUT2D eigenvalue weighted by Gasteiger charge is -2.07. The quantitative estimate of drug-likeness (QED) is 0.780. The SMILES string of the molecule is Cc1ccc(Cl)cc1-n1nc(C)c(C=O)c1Cl. The minimum atomic E-state index is 0.308. The van der Waals surface area contributed by atoms with Crippen LogP contribution in [0.4, 0.5) is 0 Å². The van der Waals surface area contributed by atoms with Gasteiger partial charge in [-0.1, -0.05) is 29.3 Å². The van der Waals surface area contributed by atoms with E-state index in [0.29, 0.717) is 27.7 Å². The lowest BCUT2D eigenvalue weighted by atomic mass is 10.2. The summed E-state index contributed by atoms with van der Waals surface area (Å²) in [6.45, 7) is 3.67. The van der Waals surface area contributed by atoms with Crippen LogP contribution in [-0.2, 0) is 0 Å². The van der Waals surface area contributed by atoms with Crippen molar-refractivity contribution in [1.82, 2.24) is 9.78 Å². The van der Waals surface area contributed by atoms with E-state index >= 15 is 0 Å². The van der Waals surface area contributed by atoms with Gasteiger partial charge in [0.1, 0.15) is 5.15 Å². The maximum atomic E-state index is 10.9. The van der Waals surface area contributed by atoms with Crippen LogP contribution in [0.1, 0.15) is 21.6 Å². The molecule has 0 unspecified atom stereocenters. The van der Waals surface area contributed by atoms with E-state index in [1.807, 2.05) is 13.0 Å². The molecule has 0 radical (unpaired) electrons. The van der Waals surface area contributed by atoms with Crippen molar-refractivity contribution in [1.29, 1.82) is 0 Å². The van der Waals surface area contributed by atoms with Gasteiger partial charge in [0.05, 0.1) is 16.9 Å². The fourth-order valence-electron chi connectivity index (χ4n) is 1.62. The molecule has 0 aliphatic carbocycles. The average Bonchev–Trinajstić information content (AvgIpc) is 2.57. The van der Waals surface area contributed by atoms with Crippen molar-refractivity contribution >= 4 is 29.5 Å². The van der Waals surface area contributed by atoms with Crippen molar-refractivity contribution in [3.8, 4) is 5.69 Å². The molecule has 1 aromatic heterocycles. The number of aromatic nitrogens is 2. The van der Waals surface area contributed by atoms with Crippen LogP contribution in [0, 0.1) is 13.8 Å². The van der Waals surface area contributed by atoms with E-state index in [9.17, 15) is 4.79 Å². The van der Waals surface area contributed by atoms with Crippen LogP contribution in [0.2, 0.25) is 10.2 Å². The van der Waals surface area contributed by atoms with Crippen LogP contribution in [0.3, 0.4) is 0 Å². The molecule has 5 heteroatoms. The third-order valence-electron chi connectivity index (χ3n) is 2.57. The first kappa shape index (κ1) is 12.1. The standard InChI is InChI=1S/C12H10Cl2N2O/c1-7-3-4-9(13)5-11(7)16-12(14)10(6-17)8(2)15-16/h3-6H,1-2H3. The Kier molecular flexibility index (Phi) is 3.22. The number of carbonyl (C=O) groups excluding carboxylic acids is 1. The highest BCUT2D eigenvalue weighted by atomic mass is 35.5. The summed E-state index contributed by atoms with van der Waals surface area (Å²) in [5, 5.41) is 5.16. The molecule has 0 saturated carbocycles. The van der Waals surface area contributed by atoms with Crippen LogP contribution in [0.25, 0.3) is 5.69 Å². The first-order valence-corrected chi connectivity index (χ1v) is 5.77. The number of aldehydes is 1. The minimum Gasteiger partial charge on any atom is -0.298 e. The van der Waals surface area contributed by atoms with E-state index in [1.165, 1.54) is 4.68 Å². The number of carbonyl (C=O) groups is 1. The first-order valence-electron chi connectivity index (χ1n) is 5.01. The topological polar surface area (TPSA) is 34.9 Å². The second-order valence-electron chi connectivity index (χ2n) is 3.75. The Balaban J connectivity index is 2.68. The summed E-state index contributed by atoms with van der Waals surface area (Å²) in [5.41, 5.74) is 2.77. The molecule has 1 heterocycles. The number of rotatable bonds is 2. The Morgan fingerprint density at radius 2 is 2.00 bits per heavy atom. The summed E-state index contributed by atoms with van der Waals surface area (Å²) < 4.78 is 1.53. The van der Waals surface area contributed by atoms with Gasteiger partial charge in [-0.25, -0.2) is 4.68 Å². The molecule has 2 aromatic rings. The molecular formula is C12H10Cl2N2O. The van der Waals surface area contributed by atoms with Gasteiger partial charge in [-0.3, -0.25) is 4.79 Å². The summed E-state index contributed by atoms with van der Waals surface area (Å²) >= 11 is 12.1. The molecule has 0 N–H and O–H groups in total. The van der Waals surface area contributed by atoms with E-state index < -0.39 is 0 Å². The second kappa shape index (κ2) is 4.51. The smallest absolute Gasteiger partial charge is 0.155 e. The van der Waals surface area contributed by atoms with Gasteiger partial charge in [0.2, 0.25) is 0 Å². The Labute approximate surface area is 109 Å². The zero-order valence-electron chi connectivity index (χ0n) is 9.37. The molecule has 2 rings (SSSR count). The molecule has 1 aromatic carbocycles. The molecular weight excluding hydrogens is 259 g/mol. The van der Waals surface area contributed by atoms with Gasteiger partial charge in [-0.05, 0) is 31.5 Å². The highest BCUT2D eigenvalue weighted by Gasteiger charge is 2.15. The van der Waals surface area contributed by atoms with Crippen molar-refractivity contribution < 1.29 is 4.79 Å². The first-order chi connectivity index (χ1) is 8.04. The van der Waals surface area contributed by atoms with E-state index in [1.54, 1.807) is 19.1 Å². The van der Waals surface area contributed by atoms with Gasteiger partial charge in [-0.15, -0.1) is 0 Å². The molecule has 0 fully saturated rings. The van der Waals surface area contributed by atoms with Crippen LogP contribution in [0.15, 0.2) is 18.2 Å². The number of hydrogen-bond acceptors (Lipinski definition) is 2. The molecule has 0 bridgehead atoms. The summed E-state index contributed by atoms with van der Waals surface area (Å²) in [5.74, 6) is 0. The normalized spacial score (nSPS) is 10.6. The predicted molar refractivity (Wildman–Crippen MR) is 68.4 cm³/mol. The maximum absolute atomic E-state index is 10.9. The summed E-state index contributed by atoms with van der Waals surface area (Å²) in [6.07, 6.45) is 0.709. The third-order valence-corrected chi connectivity index (χ3v) is 3.16. The van der Waals surface area contributed by atoms with Gasteiger partial charge in [0, 0.05) is 5.02 Å². The highest BCUT2D eigenvalue weighted by Crippen LogP contribution is 2.25. The van der Waals surface area contributed by atoms with E-state index in [-0.39, 0.29) is 0 Å². The summed E-state index contributed by atoms with van der Waals surface area (Å²) in [7, 11) is 0. The molecule has 3 nitrogen and oxygen atoms in total. The van der Waals surface area contributed by atoms with Crippen LogP contribution in [-0.4, -0.2) is 16.1 Å². The van der Waals surface area contributed by atoms with Crippen molar-refractivity contribution in [2.45, 2.75) is 13.8 Å². The van der Waals surface area contributed by atoms with Crippen molar-refractivity contribution in [2.75, 3.05) is 0 Å². The van der Waals surface area contributed by atoms with Crippen molar-refractivity contribution in [3.63, 3.8) is 0 Å². The van der Waals surface area contributed by atoms with E-state index in [2.05, 4.69) is 5.10 Å². The van der Waals surface area contributed by atoms with E-state index in [0.717, 1.165) is 11.3 Å². The fraction of sp³-hybridized carbons (Fsp3) is 0.167. The summed E-state index contributed by atoms with van der Waals surface area (Å²) in [4.78, 5) is 10.9. The molecule has 0 amide bonds. The third kappa shape index (κ3) is 2.08. The predicted octanol–water partition coefficient (Wildman–Crippen LogP) is 3.61. The Morgan fingerprint density at radius 1 is 1.29 bits per heavy atom. The molecule has 88 valence electrons. The van der Waals surface area contributed by atoms with Crippen molar-refractivity contribution in [3.05, 3.63) is 45.2 Å². The zero-order chi connectivity index (χ0) is 12.6. The zero-order valence-corrected chi connectivity index (χ0v) is 10.9. The number of hydrogen-bond donors (Lipinski definition) is 0. The fourth-order valence-corrected chi connectivity index (χ4v) is 2.09. The molecule has 0 saturated heterocycles. The van der Waals surface area contributed by atoms with Crippen LogP contribution in [0.5, 0.6) is 0 Å². The number of halogens is 2. The number of benzene rings is 1. The van der Waals surface area contributed by atoms with Gasteiger partial charge >= 0.3 is 0 Å². The average molecular weight is 269 g/mol. The summed E-state index contributed by atoms with van der Waals surface area (Å²) in [6, 6.07) is 5.45. The van der Waals surface area contributed by atoms with Gasteiger partial charge in [0.15, 0.2) is 6.29 Å².